The average Bonchev–Trinajstić information content (AvgIpc) is 2.75. The van der Waals surface area contributed by atoms with Crippen molar-refractivity contribution in [3.05, 3.63) is 235 Å². The molecule has 17 heteroatoms. The second kappa shape index (κ2) is 24.4. The van der Waals surface area contributed by atoms with Gasteiger partial charge in [0.25, 0.3) is 16.7 Å². The third-order valence-corrected chi connectivity index (χ3v) is 15.0. The highest BCUT2D eigenvalue weighted by atomic mass is 16.5. The predicted molar refractivity (Wildman–Crippen MR) is 329 cm³/mol. The highest BCUT2D eigenvalue weighted by Gasteiger charge is 2.25. The molecule has 0 fully saturated rings. The maximum Gasteiger partial charge on any atom is 0.349 e. The molecule has 0 spiro atoms. The van der Waals surface area contributed by atoms with Crippen molar-refractivity contribution in [2.75, 3.05) is 30.0 Å². The van der Waals surface area contributed by atoms with Crippen LogP contribution in [0.25, 0.3) is 35.7 Å². The van der Waals surface area contributed by atoms with E-state index in [1.165, 1.54) is 27.8 Å². The molecule has 0 saturated carbocycles. The van der Waals surface area contributed by atoms with Gasteiger partial charge in [0.1, 0.15) is 16.7 Å². The van der Waals surface area contributed by atoms with E-state index in [0.29, 0.717) is 45.7 Å². The normalized spacial score (nSPS) is 11.9. The lowest BCUT2D eigenvalue weighted by molar-refractivity contribution is 0.414. The molecule has 0 saturated heterocycles. The summed E-state index contributed by atoms with van der Waals surface area (Å²) in [6, 6.07) is 41.3. The molecular weight excluding hydrogens is 1040 g/mol. The Kier molecular flexibility index (Phi) is 16.6. The van der Waals surface area contributed by atoms with Gasteiger partial charge >= 0.3 is 5.69 Å². The Morgan fingerprint density at radius 1 is 0.494 bits per heavy atom. The molecule has 3 N–H and O–H groups in total. The number of nitrogens with zero attached hydrogens (tertiary/aromatic N) is 9. The lowest BCUT2D eigenvalue weighted by atomic mass is 10.0. The average molecular weight is 1110 g/mol. The minimum Gasteiger partial charge on any atom is -0.497 e. The van der Waals surface area contributed by atoms with Gasteiger partial charge in [-0.25, -0.2) is 29.7 Å². The maximum atomic E-state index is 12.5. The molecule has 6 heterocycles. The fraction of sp³-hybridized carbons (Fsp3) is 0.242. The van der Waals surface area contributed by atoms with Crippen LogP contribution in [0, 0.1) is 41.5 Å². The molecule has 12 rings (SSSR count). The van der Waals surface area contributed by atoms with E-state index in [-0.39, 0.29) is 16.8 Å². The number of ether oxygens (including phenoxy) is 1. The van der Waals surface area contributed by atoms with Crippen LogP contribution >= 0.6 is 0 Å². The van der Waals surface area contributed by atoms with Gasteiger partial charge < -0.3 is 29.1 Å². The number of rotatable bonds is 13. The number of aromatic amines is 3. The van der Waals surface area contributed by atoms with Gasteiger partial charge in [-0.15, -0.1) is 0 Å². The molecule has 6 aromatic carbocycles. The third kappa shape index (κ3) is 12.7. The van der Waals surface area contributed by atoms with Gasteiger partial charge in [0.2, 0.25) is 0 Å². The van der Waals surface area contributed by atoms with Crippen LogP contribution in [0.4, 0.5) is 34.4 Å². The number of benzene rings is 6. The second-order valence-corrected chi connectivity index (χ2v) is 21.2. The number of hydrogen-bond acceptors (Lipinski definition) is 13. The first kappa shape index (κ1) is 56.4. The topological polar surface area (TPSA) is 213 Å². The van der Waals surface area contributed by atoms with Crippen LogP contribution in [-0.2, 0) is 25.8 Å². The van der Waals surface area contributed by atoms with E-state index in [2.05, 4.69) is 149 Å². The van der Waals surface area contributed by atoms with Crippen molar-refractivity contribution in [2.24, 2.45) is 9.98 Å². The summed E-state index contributed by atoms with van der Waals surface area (Å²) >= 11 is 0. The molecule has 0 unspecified atom stereocenters. The first-order valence-corrected chi connectivity index (χ1v) is 27.8. The molecule has 0 radical (unpaired) electrons. The molecule has 0 bridgehead atoms. The van der Waals surface area contributed by atoms with Crippen LogP contribution in [0.15, 0.2) is 150 Å². The smallest absolute Gasteiger partial charge is 0.349 e. The summed E-state index contributed by atoms with van der Waals surface area (Å²) in [7, 11) is 1.65. The molecule has 4 aliphatic rings. The van der Waals surface area contributed by atoms with Crippen molar-refractivity contribution < 1.29 is 4.74 Å². The Hall–Kier alpha value is -9.90. The van der Waals surface area contributed by atoms with E-state index >= 15 is 0 Å². The fourth-order valence-corrected chi connectivity index (χ4v) is 10.3. The van der Waals surface area contributed by atoms with Crippen molar-refractivity contribution in [3.8, 4) is 17.3 Å². The number of nitrogens with one attached hydrogen (secondary N) is 3. The van der Waals surface area contributed by atoms with Gasteiger partial charge in [0, 0.05) is 19.6 Å². The van der Waals surface area contributed by atoms with E-state index in [4.69, 9.17) is 4.74 Å². The van der Waals surface area contributed by atoms with Gasteiger partial charge in [0.15, 0.2) is 33.9 Å². The van der Waals surface area contributed by atoms with E-state index in [1.54, 1.807) is 7.11 Å². The van der Waals surface area contributed by atoms with Gasteiger partial charge in [-0.05, 0) is 173 Å². The number of fused-ring (bicyclic) bond motifs is 6. The predicted octanol–water partition coefficient (Wildman–Crippen LogP) is 8.51. The molecule has 420 valence electrons. The van der Waals surface area contributed by atoms with Gasteiger partial charge in [-0.3, -0.25) is 19.4 Å². The molecule has 17 nitrogen and oxygen atoms in total. The molecule has 4 aliphatic heterocycles. The maximum absolute atomic E-state index is 12.5. The van der Waals surface area contributed by atoms with Crippen molar-refractivity contribution in [2.45, 2.75) is 86.6 Å². The number of H-pyrrole nitrogens is 3. The Morgan fingerprint density at radius 2 is 1.01 bits per heavy atom. The molecule has 2 aromatic heterocycles. The van der Waals surface area contributed by atoms with Crippen LogP contribution < -0.4 is 58.6 Å². The van der Waals surface area contributed by atoms with Gasteiger partial charge in [-0.1, -0.05) is 91.5 Å². The molecule has 0 atom stereocenters. The van der Waals surface area contributed by atoms with Crippen LogP contribution in [0.2, 0.25) is 0 Å². The van der Waals surface area contributed by atoms with E-state index in [0.717, 1.165) is 113 Å². The number of hydrogen-bond donors (Lipinski definition) is 3. The second-order valence-electron chi connectivity index (χ2n) is 21.2. The summed E-state index contributed by atoms with van der Waals surface area (Å²) in [5.41, 5.74) is 15.2. The largest absolute Gasteiger partial charge is 0.497 e. The first-order chi connectivity index (χ1) is 40.0. The van der Waals surface area contributed by atoms with Crippen LogP contribution in [-0.4, -0.2) is 59.7 Å². The summed E-state index contributed by atoms with van der Waals surface area (Å²) < 4.78 is 7.14. The van der Waals surface area contributed by atoms with E-state index in [9.17, 15) is 19.2 Å². The van der Waals surface area contributed by atoms with Crippen LogP contribution in [0.1, 0.15) is 69.3 Å². The summed E-state index contributed by atoms with van der Waals surface area (Å²) in [5, 5.41) is 0.716. The highest BCUT2D eigenvalue weighted by molar-refractivity contribution is 5.81. The number of aromatic nitrogens is 8. The van der Waals surface area contributed by atoms with Gasteiger partial charge in [0.05, 0.1) is 40.9 Å². The zero-order valence-electron chi connectivity index (χ0n) is 47.9. The van der Waals surface area contributed by atoms with Crippen molar-refractivity contribution in [1.82, 2.24) is 39.5 Å². The van der Waals surface area contributed by atoms with Gasteiger partial charge in [-0.2, -0.15) is 4.98 Å². The lowest BCUT2D eigenvalue weighted by Crippen LogP contribution is -2.42. The lowest BCUT2D eigenvalue weighted by Gasteiger charge is -2.28. The zero-order chi connectivity index (χ0) is 58.5. The van der Waals surface area contributed by atoms with Crippen molar-refractivity contribution >= 4 is 58.6 Å². The van der Waals surface area contributed by atoms with Crippen molar-refractivity contribution in [3.63, 3.8) is 0 Å². The molecule has 0 aliphatic carbocycles. The quantitative estimate of drug-likeness (QED) is 0.0932. The van der Waals surface area contributed by atoms with E-state index < -0.39 is 11.2 Å². The van der Waals surface area contributed by atoms with E-state index in [1.807, 2.05) is 86.0 Å². The monoisotopic (exact) mass is 1110 g/mol. The van der Waals surface area contributed by atoms with Crippen LogP contribution in [0.3, 0.4) is 0 Å². The molecule has 8 aromatic rings. The third-order valence-electron chi connectivity index (χ3n) is 15.0. The molecule has 83 heavy (non-hydrogen) atoms. The van der Waals surface area contributed by atoms with Crippen molar-refractivity contribution in [1.29, 1.82) is 0 Å². The zero-order valence-corrected chi connectivity index (χ0v) is 47.9. The summed E-state index contributed by atoms with van der Waals surface area (Å²) in [4.78, 5) is 87.4. The number of aryl methyl sites for hydroxylation is 10. The Labute approximate surface area is 479 Å². The molecular formula is C66H66N12O5. The Morgan fingerprint density at radius 3 is 1.63 bits per heavy atom. The minimum atomic E-state index is -0.656. The summed E-state index contributed by atoms with van der Waals surface area (Å²) in [6.45, 7) is 22.0. The highest BCUT2D eigenvalue weighted by Crippen LogP contribution is 2.38. The standard InChI is InChI=1S/C23H24N4O.C22H22N4O3.C21H20N4O/c1-14-7-9-18(10-8-14)6-5-11-27-20-13-16(3)15(2)12-19(20)26-21-22(27)24-17(4)25-23(21)28;1-13-11-17-18(12-14(13)2)26(20-19(23-17)21(27)25-22(28)24-20)10-4-5-15-6-8-16(29-3)9-7-15;1-14-10-11-18-17(13-14)24-19-20(22-15(2)23-21(19)26)25(18)12-6-9-16-7-4-3-5-8-16/h7-10,12-13H,4-6,11H2,1-3H3,(H,25,28);6-9,11-12H,4-5,10H2,1-3H3,(H,25,27,28);3-5,7-8,10-11,13H,2,6,9,12H2,1H3,(H,23,26). The SMILES string of the molecule is C=c1nc2c(c(=O)[nH]1)=Nc1cc(C)c(C)cc1N2CCCc1ccc(C)cc1.C=c1nc2c(c(=O)[nH]1)=Nc1cc(C)ccc1N2CCCc1ccccc1.COc1ccc(CCCn2c3nc(=O)[nH]c(=O)c-3nc3cc(C)c(C)cc32)cc1. The Balaban J connectivity index is 0.000000139. The molecule has 0 amide bonds. The first-order valence-electron chi connectivity index (χ1n) is 27.8. The van der Waals surface area contributed by atoms with Crippen LogP contribution in [0.5, 0.6) is 5.75 Å². The number of anilines is 4. The fourth-order valence-electron chi connectivity index (χ4n) is 10.3. The summed E-state index contributed by atoms with van der Waals surface area (Å²) in [6.07, 6.45) is 5.48. The minimum absolute atomic E-state index is 0.185. The summed E-state index contributed by atoms with van der Waals surface area (Å²) in [5.74, 6) is 2.33. The number of methoxy groups -OCH3 is 1. The Bertz CT molecular complexity index is 4520.